The second-order valence-corrected chi connectivity index (χ2v) is 4.92. The Balaban J connectivity index is 2.23. The Kier molecular flexibility index (Phi) is 4.10. The summed E-state index contributed by atoms with van der Waals surface area (Å²) in [6, 6.07) is 18.2. The van der Waals surface area contributed by atoms with Crippen molar-refractivity contribution in [3.05, 3.63) is 76.7 Å². The number of nitrogens with one attached hydrogen (secondary N) is 1. The lowest BCUT2D eigenvalue weighted by molar-refractivity contribution is 0.0520. The third-order valence-corrected chi connectivity index (χ3v) is 3.45. The zero-order valence-corrected chi connectivity index (χ0v) is 12.7. The topological polar surface area (TPSA) is 64.1 Å². The van der Waals surface area contributed by atoms with E-state index in [1.807, 2.05) is 36.4 Å². The highest BCUT2D eigenvalue weighted by molar-refractivity contribution is 5.95. The summed E-state index contributed by atoms with van der Waals surface area (Å²) in [6.45, 7) is 1.97. The largest absolute Gasteiger partial charge is 0.461 e. The fraction of sp³-hybridized carbons (Fsp3) is 0.111. The monoisotopic (exact) mass is 308 g/mol. The third kappa shape index (κ3) is 2.81. The van der Waals surface area contributed by atoms with Gasteiger partial charge in [-0.1, -0.05) is 48.5 Å². The van der Waals surface area contributed by atoms with Crippen molar-refractivity contribution in [2.75, 3.05) is 6.61 Å². The van der Waals surface area contributed by atoms with Gasteiger partial charge in [0.2, 0.25) is 0 Å². The molecule has 0 aliphatic heterocycles. The lowest BCUT2D eigenvalue weighted by Gasteiger charge is -2.02. The first-order chi connectivity index (χ1) is 11.2. The van der Waals surface area contributed by atoms with Crippen LogP contribution in [0.15, 0.2) is 65.5 Å². The van der Waals surface area contributed by atoms with Crippen molar-refractivity contribution in [2.24, 2.45) is 0 Å². The van der Waals surface area contributed by atoms with Gasteiger partial charge in [0.05, 0.1) is 17.9 Å². The Bertz CT molecular complexity index is 864. The molecule has 5 heteroatoms. The normalized spacial score (nSPS) is 10.5. The molecule has 0 saturated heterocycles. The fourth-order valence-corrected chi connectivity index (χ4v) is 2.42. The number of carbonyl (C=O) groups excluding carboxylic acids is 1. The molecular weight excluding hydrogens is 292 g/mol. The van der Waals surface area contributed by atoms with E-state index in [2.05, 4.69) is 5.10 Å². The summed E-state index contributed by atoms with van der Waals surface area (Å²) in [4.78, 5) is 25.1. The van der Waals surface area contributed by atoms with Crippen LogP contribution in [0, 0.1) is 0 Å². The molecule has 0 unspecified atom stereocenters. The molecule has 3 aromatic rings. The number of nitrogens with zero attached hydrogens (tertiary/aromatic N) is 1. The van der Waals surface area contributed by atoms with Gasteiger partial charge in [0, 0.05) is 0 Å². The van der Waals surface area contributed by atoms with E-state index in [1.54, 1.807) is 31.2 Å². The molecule has 0 fully saturated rings. The summed E-state index contributed by atoms with van der Waals surface area (Å²) < 4.78 is 6.43. The van der Waals surface area contributed by atoms with Gasteiger partial charge in [-0.15, -0.1) is 0 Å². The van der Waals surface area contributed by atoms with Crippen LogP contribution in [0.5, 0.6) is 0 Å². The van der Waals surface area contributed by atoms with Crippen molar-refractivity contribution in [3.63, 3.8) is 0 Å². The average molecular weight is 308 g/mol. The molecule has 0 aliphatic carbocycles. The predicted molar refractivity (Wildman–Crippen MR) is 87.8 cm³/mol. The van der Waals surface area contributed by atoms with Crippen LogP contribution in [0.4, 0.5) is 0 Å². The van der Waals surface area contributed by atoms with Crippen molar-refractivity contribution < 1.29 is 9.53 Å². The zero-order valence-electron chi connectivity index (χ0n) is 12.7. The van der Waals surface area contributed by atoms with E-state index in [1.165, 1.54) is 4.68 Å². The summed E-state index contributed by atoms with van der Waals surface area (Å²) in [5.41, 5.74) is 1.52. The quantitative estimate of drug-likeness (QED) is 0.754. The molecule has 0 saturated carbocycles. The number of ether oxygens (including phenoxy) is 1. The highest BCUT2D eigenvalue weighted by Crippen LogP contribution is 2.20. The minimum absolute atomic E-state index is 0.159. The molecular formula is C18H16N2O3. The Morgan fingerprint density at radius 2 is 1.65 bits per heavy atom. The predicted octanol–water partition coefficient (Wildman–Crippen LogP) is 3.01. The van der Waals surface area contributed by atoms with Gasteiger partial charge in [-0.2, -0.15) is 0 Å². The van der Waals surface area contributed by atoms with Gasteiger partial charge in [-0.3, -0.25) is 9.89 Å². The van der Waals surface area contributed by atoms with Gasteiger partial charge in [0.1, 0.15) is 0 Å². The minimum Gasteiger partial charge on any atom is -0.461 e. The van der Waals surface area contributed by atoms with Gasteiger partial charge < -0.3 is 4.74 Å². The van der Waals surface area contributed by atoms with Gasteiger partial charge in [-0.05, 0) is 24.6 Å². The van der Waals surface area contributed by atoms with Crippen LogP contribution in [-0.4, -0.2) is 22.4 Å². The summed E-state index contributed by atoms with van der Waals surface area (Å²) in [6.07, 6.45) is 0. The number of aromatic nitrogens is 2. The first-order valence-corrected chi connectivity index (χ1v) is 7.35. The molecule has 0 spiro atoms. The third-order valence-electron chi connectivity index (χ3n) is 3.45. The van der Waals surface area contributed by atoms with Gasteiger partial charge >= 0.3 is 5.97 Å². The van der Waals surface area contributed by atoms with Crippen LogP contribution < -0.4 is 5.56 Å². The van der Waals surface area contributed by atoms with Gasteiger partial charge in [0.15, 0.2) is 5.69 Å². The molecule has 2 aromatic carbocycles. The number of hydrogen-bond acceptors (Lipinski definition) is 3. The van der Waals surface area contributed by atoms with Crippen LogP contribution in [0.2, 0.25) is 0 Å². The molecule has 1 aromatic heterocycles. The summed E-state index contributed by atoms with van der Waals surface area (Å²) in [5, 5.41) is 2.88. The first kappa shape index (κ1) is 14.8. The smallest absolute Gasteiger partial charge is 0.357 e. The number of H-pyrrole nitrogens is 1. The number of hydrogen-bond donors (Lipinski definition) is 1. The van der Waals surface area contributed by atoms with Crippen molar-refractivity contribution in [2.45, 2.75) is 6.92 Å². The maximum absolute atomic E-state index is 12.8. The second kappa shape index (κ2) is 6.36. The van der Waals surface area contributed by atoms with E-state index in [9.17, 15) is 9.59 Å². The average Bonchev–Trinajstić information content (AvgIpc) is 2.94. The molecule has 0 atom stereocenters. The number of carbonyl (C=O) groups is 1. The molecule has 5 nitrogen and oxygen atoms in total. The van der Waals surface area contributed by atoms with Gasteiger partial charge in [0.25, 0.3) is 5.56 Å². The van der Waals surface area contributed by atoms with Crippen molar-refractivity contribution >= 4 is 5.97 Å². The maximum Gasteiger partial charge on any atom is 0.357 e. The molecule has 23 heavy (non-hydrogen) atoms. The summed E-state index contributed by atoms with van der Waals surface area (Å²) in [5.74, 6) is -0.543. The molecule has 1 heterocycles. The van der Waals surface area contributed by atoms with E-state index < -0.39 is 5.97 Å². The minimum atomic E-state index is -0.543. The number of rotatable bonds is 4. The summed E-state index contributed by atoms with van der Waals surface area (Å²) >= 11 is 0. The van der Waals surface area contributed by atoms with Crippen molar-refractivity contribution in [3.8, 4) is 16.8 Å². The Morgan fingerprint density at radius 3 is 2.26 bits per heavy atom. The molecule has 0 bridgehead atoms. The van der Waals surface area contributed by atoms with E-state index in [0.717, 1.165) is 0 Å². The molecule has 116 valence electrons. The first-order valence-electron chi connectivity index (χ1n) is 7.35. The van der Waals surface area contributed by atoms with E-state index in [4.69, 9.17) is 4.74 Å². The van der Waals surface area contributed by atoms with Crippen LogP contribution in [0.3, 0.4) is 0 Å². The van der Waals surface area contributed by atoms with Crippen molar-refractivity contribution in [1.82, 2.24) is 9.78 Å². The number of aromatic amines is 1. The second-order valence-electron chi connectivity index (χ2n) is 4.92. The SMILES string of the molecule is CCOC(=O)c1[nH]n(-c2ccccc2)c(=O)c1-c1ccccc1. The Labute approximate surface area is 133 Å². The zero-order chi connectivity index (χ0) is 16.2. The van der Waals surface area contributed by atoms with Crippen LogP contribution in [-0.2, 0) is 4.74 Å². The molecule has 0 aliphatic rings. The highest BCUT2D eigenvalue weighted by atomic mass is 16.5. The Hall–Kier alpha value is -3.08. The lowest BCUT2D eigenvalue weighted by Crippen LogP contribution is -2.15. The standard InChI is InChI=1S/C18H16N2O3/c1-2-23-18(22)16-15(13-9-5-3-6-10-13)17(21)20(19-16)14-11-7-4-8-12-14/h3-12,19H,2H2,1H3. The highest BCUT2D eigenvalue weighted by Gasteiger charge is 2.22. The van der Waals surface area contributed by atoms with Crippen molar-refractivity contribution in [1.29, 1.82) is 0 Å². The van der Waals surface area contributed by atoms with Gasteiger partial charge in [-0.25, -0.2) is 9.48 Å². The molecule has 0 amide bonds. The number of esters is 1. The number of para-hydroxylation sites is 1. The molecule has 3 rings (SSSR count). The van der Waals surface area contributed by atoms with E-state index in [0.29, 0.717) is 16.8 Å². The molecule has 1 N–H and O–H groups in total. The lowest BCUT2D eigenvalue weighted by atomic mass is 10.1. The van der Waals surface area contributed by atoms with Crippen LogP contribution in [0.25, 0.3) is 16.8 Å². The molecule has 0 radical (unpaired) electrons. The Morgan fingerprint density at radius 1 is 1.04 bits per heavy atom. The number of benzene rings is 2. The van der Waals surface area contributed by atoms with Crippen LogP contribution in [0.1, 0.15) is 17.4 Å². The van der Waals surface area contributed by atoms with E-state index >= 15 is 0 Å². The summed E-state index contributed by atoms with van der Waals surface area (Å²) in [7, 11) is 0. The van der Waals surface area contributed by atoms with E-state index in [-0.39, 0.29) is 17.9 Å². The maximum atomic E-state index is 12.8. The van der Waals surface area contributed by atoms with Crippen LogP contribution >= 0.6 is 0 Å². The fourth-order valence-electron chi connectivity index (χ4n) is 2.42.